The highest BCUT2D eigenvalue weighted by Gasteiger charge is 2.23. The number of anilines is 2. The van der Waals surface area contributed by atoms with Crippen LogP contribution < -0.4 is 5.32 Å². The standard InChI is InChI=1S/C31H22N2O/c1-18-10-13-26(32-17-18)20-11-14-27-25(16-20)21-7-5-8-22(19(21)2)30-28(33-27)15-12-24-23-6-3-4-9-29(23)34-31(24)30/h3-17,33H,1-2H3/i1D3. The lowest BCUT2D eigenvalue weighted by atomic mass is 9.88. The molecule has 7 rings (SSSR count). The molecule has 1 N–H and O–H groups in total. The lowest BCUT2D eigenvalue weighted by molar-refractivity contribution is 0.670. The van der Waals surface area contributed by atoms with Gasteiger partial charge >= 0.3 is 0 Å². The lowest BCUT2D eigenvalue weighted by Gasteiger charge is -2.23. The number of hydrogen-bond donors (Lipinski definition) is 1. The Morgan fingerprint density at radius 3 is 2.56 bits per heavy atom. The molecule has 4 aromatic carbocycles. The largest absolute Gasteiger partial charge is 0.455 e. The third kappa shape index (κ3) is 2.74. The first kappa shape index (κ1) is 16.3. The maximum atomic E-state index is 7.62. The first-order valence-electron chi connectivity index (χ1n) is 12.8. The molecule has 2 aromatic heterocycles. The topological polar surface area (TPSA) is 38.1 Å². The van der Waals surface area contributed by atoms with Crippen molar-refractivity contribution in [3.63, 3.8) is 0 Å². The zero-order valence-electron chi connectivity index (χ0n) is 21.5. The highest BCUT2D eigenvalue weighted by Crippen LogP contribution is 2.47. The third-order valence-corrected chi connectivity index (χ3v) is 6.79. The smallest absolute Gasteiger partial charge is 0.145 e. The summed E-state index contributed by atoms with van der Waals surface area (Å²) in [6, 6.07) is 28.4. The molecule has 0 radical (unpaired) electrons. The molecule has 6 aromatic rings. The third-order valence-electron chi connectivity index (χ3n) is 6.79. The monoisotopic (exact) mass is 441 g/mol. The summed E-state index contributed by atoms with van der Waals surface area (Å²) in [7, 11) is 0. The Hall–Kier alpha value is -4.37. The fourth-order valence-electron chi connectivity index (χ4n) is 5.10. The molecule has 2 bridgehead atoms. The van der Waals surface area contributed by atoms with Crippen LogP contribution in [0.2, 0.25) is 0 Å². The SMILES string of the molecule is [2H]C([2H])([2H])c1ccc(-c2ccc3c(c2)-c2cccc(c2C)-c2c(ccc4c2oc2ccccc24)N3)nc1. The molecule has 0 atom stereocenters. The molecule has 3 heterocycles. The molecule has 0 amide bonds. The second-order valence-electron chi connectivity index (χ2n) is 8.76. The van der Waals surface area contributed by atoms with Crippen LogP contribution in [-0.2, 0) is 0 Å². The van der Waals surface area contributed by atoms with Gasteiger partial charge in [0.05, 0.1) is 11.4 Å². The molecular formula is C31H22N2O. The number of aryl methyl sites for hydroxylation is 1. The van der Waals surface area contributed by atoms with Gasteiger partial charge < -0.3 is 9.73 Å². The van der Waals surface area contributed by atoms with Crippen LogP contribution in [-0.4, -0.2) is 4.98 Å². The van der Waals surface area contributed by atoms with E-state index in [0.717, 1.165) is 66.8 Å². The summed E-state index contributed by atoms with van der Waals surface area (Å²) in [5.41, 5.74) is 11.2. The summed E-state index contributed by atoms with van der Waals surface area (Å²) in [4.78, 5) is 4.46. The molecule has 34 heavy (non-hydrogen) atoms. The van der Waals surface area contributed by atoms with Crippen LogP contribution in [0, 0.1) is 13.8 Å². The van der Waals surface area contributed by atoms with Crippen LogP contribution in [0.15, 0.2) is 95.5 Å². The number of fused-ring (bicyclic) bond motifs is 10. The minimum Gasteiger partial charge on any atom is -0.455 e. The van der Waals surface area contributed by atoms with Crippen LogP contribution in [0.1, 0.15) is 15.2 Å². The first-order valence-corrected chi connectivity index (χ1v) is 11.3. The molecule has 0 fully saturated rings. The highest BCUT2D eigenvalue weighted by atomic mass is 16.3. The minimum absolute atomic E-state index is 0.237. The van der Waals surface area contributed by atoms with E-state index in [4.69, 9.17) is 8.53 Å². The van der Waals surface area contributed by atoms with Crippen molar-refractivity contribution < 1.29 is 8.53 Å². The van der Waals surface area contributed by atoms with Crippen LogP contribution in [0.4, 0.5) is 11.4 Å². The second kappa shape index (κ2) is 7.06. The number of nitrogens with zero attached hydrogens (tertiary/aromatic N) is 1. The van der Waals surface area contributed by atoms with E-state index in [1.807, 2.05) is 24.3 Å². The predicted molar refractivity (Wildman–Crippen MR) is 141 cm³/mol. The summed E-state index contributed by atoms with van der Waals surface area (Å²) < 4.78 is 29.3. The van der Waals surface area contributed by atoms with Crippen molar-refractivity contribution in [2.75, 3.05) is 5.32 Å². The van der Waals surface area contributed by atoms with E-state index < -0.39 is 6.85 Å². The summed E-state index contributed by atoms with van der Waals surface area (Å²) >= 11 is 0. The molecule has 3 nitrogen and oxygen atoms in total. The average molecular weight is 442 g/mol. The molecule has 0 saturated carbocycles. The summed E-state index contributed by atoms with van der Waals surface area (Å²) in [6.45, 7) is -0.0151. The number of hydrogen-bond acceptors (Lipinski definition) is 3. The van der Waals surface area contributed by atoms with Crippen molar-refractivity contribution in [3.8, 4) is 33.5 Å². The zero-order valence-corrected chi connectivity index (χ0v) is 18.5. The molecule has 0 aliphatic carbocycles. The van der Waals surface area contributed by atoms with Gasteiger partial charge in [0, 0.05) is 43.5 Å². The van der Waals surface area contributed by atoms with Gasteiger partial charge in [-0.25, -0.2) is 0 Å². The van der Waals surface area contributed by atoms with E-state index in [1.54, 1.807) is 12.1 Å². The summed E-state index contributed by atoms with van der Waals surface area (Å²) in [5, 5.41) is 5.88. The Morgan fingerprint density at radius 1 is 0.794 bits per heavy atom. The van der Waals surface area contributed by atoms with Gasteiger partial charge in [0.1, 0.15) is 11.2 Å². The normalized spacial score (nSPS) is 13.7. The average Bonchev–Trinajstić information content (AvgIpc) is 3.27. The molecule has 0 saturated heterocycles. The van der Waals surface area contributed by atoms with Gasteiger partial charge in [0.15, 0.2) is 0 Å². The van der Waals surface area contributed by atoms with E-state index in [0.29, 0.717) is 0 Å². The van der Waals surface area contributed by atoms with E-state index >= 15 is 0 Å². The number of aromatic nitrogens is 1. The second-order valence-corrected chi connectivity index (χ2v) is 8.76. The predicted octanol–water partition coefficient (Wildman–Crippen LogP) is 8.66. The Balaban J connectivity index is 1.43. The number of para-hydroxylation sites is 1. The summed E-state index contributed by atoms with van der Waals surface area (Å²) in [5.74, 6) is 0. The van der Waals surface area contributed by atoms with Gasteiger partial charge in [0.25, 0.3) is 0 Å². The molecule has 1 aliphatic rings. The zero-order chi connectivity index (χ0) is 25.3. The van der Waals surface area contributed by atoms with Gasteiger partial charge in [-0.2, -0.15) is 0 Å². The minimum atomic E-state index is -2.17. The van der Waals surface area contributed by atoms with E-state index in [9.17, 15) is 0 Å². The Bertz CT molecular complexity index is 1850. The van der Waals surface area contributed by atoms with Crippen LogP contribution >= 0.6 is 0 Å². The maximum Gasteiger partial charge on any atom is 0.145 e. The van der Waals surface area contributed by atoms with Gasteiger partial charge in [-0.05, 0) is 72.4 Å². The number of pyridine rings is 1. The van der Waals surface area contributed by atoms with Crippen LogP contribution in [0.5, 0.6) is 0 Å². The van der Waals surface area contributed by atoms with Gasteiger partial charge in [0.2, 0.25) is 0 Å². The Morgan fingerprint density at radius 2 is 1.68 bits per heavy atom. The summed E-state index contributed by atoms with van der Waals surface area (Å²) in [6.07, 6.45) is 1.44. The highest BCUT2D eigenvalue weighted by molar-refractivity contribution is 6.13. The molecule has 0 spiro atoms. The van der Waals surface area contributed by atoms with Crippen molar-refractivity contribution in [1.29, 1.82) is 0 Å². The molecule has 1 aliphatic heterocycles. The van der Waals surface area contributed by atoms with Crippen molar-refractivity contribution >= 4 is 33.3 Å². The van der Waals surface area contributed by atoms with Crippen LogP contribution in [0.25, 0.3) is 55.4 Å². The maximum absolute atomic E-state index is 7.62. The van der Waals surface area contributed by atoms with E-state index in [2.05, 4.69) is 65.8 Å². The molecule has 162 valence electrons. The quantitative estimate of drug-likeness (QED) is 0.277. The van der Waals surface area contributed by atoms with E-state index in [-0.39, 0.29) is 5.56 Å². The molecule has 3 heteroatoms. The van der Waals surface area contributed by atoms with Crippen molar-refractivity contribution in [1.82, 2.24) is 4.98 Å². The molecule has 0 unspecified atom stereocenters. The lowest BCUT2D eigenvalue weighted by Crippen LogP contribution is -2.02. The fourth-order valence-corrected chi connectivity index (χ4v) is 5.10. The van der Waals surface area contributed by atoms with Gasteiger partial charge in [-0.15, -0.1) is 0 Å². The Labute approximate surface area is 201 Å². The van der Waals surface area contributed by atoms with E-state index in [1.165, 1.54) is 11.8 Å². The fraction of sp³-hybridized carbons (Fsp3) is 0.0645. The Kier molecular flexibility index (Phi) is 3.38. The van der Waals surface area contributed by atoms with Crippen molar-refractivity contribution in [3.05, 3.63) is 102 Å². The number of furan rings is 1. The van der Waals surface area contributed by atoms with Gasteiger partial charge in [-0.1, -0.05) is 48.5 Å². The van der Waals surface area contributed by atoms with Gasteiger partial charge in [-0.3, -0.25) is 4.98 Å². The number of rotatable bonds is 1. The number of nitrogens with one attached hydrogen (secondary N) is 1. The molecular weight excluding hydrogens is 416 g/mol. The number of benzene rings is 4. The van der Waals surface area contributed by atoms with Crippen molar-refractivity contribution in [2.45, 2.75) is 13.8 Å². The van der Waals surface area contributed by atoms with Crippen molar-refractivity contribution in [2.24, 2.45) is 0 Å². The first-order chi connectivity index (χ1) is 17.9. The van der Waals surface area contributed by atoms with Crippen LogP contribution in [0.3, 0.4) is 0 Å².